The molecule has 1 aromatic carbocycles. The second kappa shape index (κ2) is 6.14. The SMILES string of the molecule is NC(=O)c1cccc(C2CCNCC2)c1C1=CCOC=C1. The third-order valence-electron chi connectivity index (χ3n) is 4.17. The highest BCUT2D eigenvalue weighted by molar-refractivity contribution is 6.00. The maximum atomic E-state index is 11.8. The number of hydrogen-bond donors (Lipinski definition) is 2. The smallest absolute Gasteiger partial charge is 0.249 e. The zero-order valence-corrected chi connectivity index (χ0v) is 12.0. The van der Waals surface area contributed by atoms with E-state index < -0.39 is 0 Å². The number of piperidine rings is 1. The van der Waals surface area contributed by atoms with Crippen molar-refractivity contribution in [3.63, 3.8) is 0 Å². The van der Waals surface area contributed by atoms with Crippen molar-refractivity contribution in [2.75, 3.05) is 19.7 Å². The normalized spacial score (nSPS) is 19.0. The van der Waals surface area contributed by atoms with Gasteiger partial charge in [-0.25, -0.2) is 0 Å². The van der Waals surface area contributed by atoms with Crippen molar-refractivity contribution < 1.29 is 9.53 Å². The van der Waals surface area contributed by atoms with E-state index in [1.54, 1.807) is 6.26 Å². The van der Waals surface area contributed by atoms with Crippen molar-refractivity contribution >= 4 is 11.5 Å². The molecule has 4 heteroatoms. The van der Waals surface area contributed by atoms with Crippen molar-refractivity contribution in [3.05, 3.63) is 53.3 Å². The summed E-state index contributed by atoms with van der Waals surface area (Å²) in [5, 5.41) is 3.38. The Balaban J connectivity index is 2.10. The number of nitrogens with two attached hydrogens (primary N) is 1. The Bertz CT molecular complexity index is 599. The first-order valence-corrected chi connectivity index (χ1v) is 7.39. The lowest BCUT2D eigenvalue weighted by atomic mass is 9.82. The molecule has 2 aliphatic rings. The molecule has 2 aliphatic heterocycles. The first kappa shape index (κ1) is 13.9. The second-order valence-corrected chi connectivity index (χ2v) is 5.45. The van der Waals surface area contributed by atoms with Gasteiger partial charge in [0.2, 0.25) is 5.91 Å². The van der Waals surface area contributed by atoms with Crippen LogP contribution in [0.2, 0.25) is 0 Å². The Kier molecular flexibility index (Phi) is 4.06. The monoisotopic (exact) mass is 284 g/mol. The molecule has 21 heavy (non-hydrogen) atoms. The van der Waals surface area contributed by atoms with E-state index in [0.29, 0.717) is 18.1 Å². The fraction of sp³-hybridized carbons (Fsp3) is 0.353. The molecule has 0 aromatic heterocycles. The van der Waals surface area contributed by atoms with Gasteiger partial charge < -0.3 is 15.8 Å². The zero-order chi connectivity index (χ0) is 14.7. The van der Waals surface area contributed by atoms with E-state index in [9.17, 15) is 4.79 Å². The number of benzene rings is 1. The number of rotatable bonds is 3. The van der Waals surface area contributed by atoms with Gasteiger partial charge in [-0.2, -0.15) is 0 Å². The molecule has 110 valence electrons. The van der Waals surface area contributed by atoms with Crippen LogP contribution in [0.5, 0.6) is 0 Å². The number of primary amides is 1. The van der Waals surface area contributed by atoms with Crippen LogP contribution in [0.25, 0.3) is 5.57 Å². The van der Waals surface area contributed by atoms with Gasteiger partial charge in [0.25, 0.3) is 0 Å². The summed E-state index contributed by atoms with van der Waals surface area (Å²) in [4.78, 5) is 11.8. The molecule has 0 atom stereocenters. The molecule has 3 N–H and O–H groups in total. The average Bonchev–Trinajstić information content (AvgIpc) is 2.55. The minimum Gasteiger partial charge on any atom is -0.497 e. The standard InChI is InChI=1S/C17H20N2O2/c18-17(20)15-3-1-2-14(12-4-8-19-9-5-12)16(15)13-6-10-21-11-7-13/h1-3,6-7,10,12,19H,4-5,8-9,11H2,(H2,18,20). The summed E-state index contributed by atoms with van der Waals surface area (Å²) in [5.74, 6) is 0.0965. The van der Waals surface area contributed by atoms with E-state index in [2.05, 4.69) is 11.4 Å². The highest BCUT2D eigenvalue weighted by Gasteiger charge is 2.23. The number of allylic oxidation sites excluding steroid dienone is 2. The van der Waals surface area contributed by atoms with E-state index in [0.717, 1.165) is 37.1 Å². The number of carbonyl (C=O) groups excluding carboxylic acids is 1. The number of hydrogen-bond acceptors (Lipinski definition) is 3. The second-order valence-electron chi connectivity index (χ2n) is 5.45. The Hall–Kier alpha value is -2.07. The molecule has 0 unspecified atom stereocenters. The van der Waals surface area contributed by atoms with Crippen LogP contribution in [-0.4, -0.2) is 25.6 Å². The molecular formula is C17H20N2O2. The van der Waals surface area contributed by atoms with E-state index >= 15 is 0 Å². The van der Waals surface area contributed by atoms with Crippen LogP contribution in [0.15, 0.2) is 36.6 Å². The van der Waals surface area contributed by atoms with Crippen molar-refractivity contribution in [3.8, 4) is 0 Å². The predicted octanol–water partition coefficient (Wildman–Crippen LogP) is 2.18. The van der Waals surface area contributed by atoms with Crippen LogP contribution < -0.4 is 11.1 Å². The van der Waals surface area contributed by atoms with Gasteiger partial charge in [-0.05, 0) is 66.8 Å². The van der Waals surface area contributed by atoms with Gasteiger partial charge in [0, 0.05) is 5.56 Å². The summed E-state index contributed by atoms with van der Waals surface area (Å²) in [7, 11) is 0. The van der Waals surface area contributed by atoms with Gasteiger partial charge in [-0.1, -0.05) is 12.1 Å². The van der Waals surface area contributed by atoms with E-state index in [1.807, 2.05) is 24.3 Å². The van der Waals surface area contributed by atoms with Crippen LogP contribution in [0.3, 0.4) is 0 Å². The van der Waals surface area contributed by atoms with E-state index in [1.165, 1.54) is 5.56 Å². The zero-order valence-electron chi connectivity index (χ0n) is 12.0. The van der Waals surface area contributed by atoms with Crippen molar-refractivity contribution in [2.45, 2.75) is 18.8 Å². The predicted molar refractivity (Wildman–Crippen MR) is 82.9 cm³/mol. The minimum absolute atomic E-state index is 0.374. The molecule has 3 rings (SSSR count). The third kappa shape index (κ3) is 2.85. The lowest BCUT2D eigenvalue weighted by molar-refractivity contribution is 0.1000. The molecule has 0 bridgehead atoms. The fourth-order valence-electron chi connectivity index (χ4n) is 3.14. The molecule has 1 amide bonds. The van der Waals surface area contributed by atoms with Gasteiger partial charge in [0.05, 0.1) is 6.26 Å². The molecule has 4 nitrogen and oxygen atoms in total. The molecule has 0 saturated carbocycles. The first-order valence-electron chi connectivity index (χ1n) is 7.39. The summed E-state index contributed by atoms with van der Waals surface area (Å²) in [6.45, 7) is 2.57. The molecule has 1 saturated heterocycles. The van der Waals surface area contributed by atoms with Crippen LogP contribution in [-0.2, 0) is 4.74 Å². The Morgan fingerprint density at radius 2 is 2.10 bits per heavy atom. The highest BCUT2D eigenvalue weighted by Crippen LogP contribution is 2.35. The minimum atomic E-state index is -0.374. The number of amides is 1. The van der Waals surface area contributed by atoms with Gasteiger partial charge in [-0.3, -0.25) is 4.79 Å². The molecule has 1 aromatic rings. The van der Waals surface area contributed by atoms with Crippen molar-refractivity contribution in [1.29, 1.82) is 0 Å². The maximum Gasteiger partial charge on any atom is 0.249 e. The van der Waals surface area contributed by atoms with E-state index in [-0.39, 0.29) is 5.91 Å². The number of nitrogens with one attached hydrogen (secondary N) is 1. The van der Waals surface area contributed by atoms with Crippen LogP contribution in [0.4, 0.5) is 0 Å². The Morgan fingerprint density at radius 3 is 2.76 bits per heavy atom. The molecule has 0 radical (unpaired) electrons. The molecule has 2 heterocycles. The van der Waals surface area contributed by atoms with Gasteiger partial charge in [-0.15, -0.1) is 0 Å². The molecule has 0 aliphatic carbocycles. The summed E-state index contributed by atoms with van der Waals surface area (Å²) < 4.78 is 5.22. The Labute approximate surface area is 124 Å². The summed E-state index contributed by atoms with van der Waals surface area (Å²) in [5.41, 5.74) is 9.43. The fourth-order valence-corrected chi connectivity index (χ4v) is 3.14. The number of carbonyl (C=O) groups is 1. The number of ether oxygens (including phenoxy) is 1. The summed E-state index contributed by atoms with van der Waals surface area (Å²) in [6.07, 6.45) is 7.77. The van der Waals surface area contributed by atoms with Crippen molar-refractivity contribution in [1.82, 2.24) is 5.32 Å². The summed E-state index contributed by atoms with van der Waals surface area (Å²) in [6, 6.07) is 5.87. The van der Waals surface area contributed by atoms with Crippen LogP contribution in [0.1, 0.15) is 40.2 Å². The lowest BCUT2D eigenvalue weighted by Gasteiger charge is -2.27. The van der Waals surface area contributed by atoms with Gasteiger partial charge in [0.1, 0.15) is 6.61 Å². The Morgan fingerprint density at radius 1 is 1.29 bits per heavy atom. The summed E-state index contributed by atoms with van der Waals surface area (Å²) >= 11 is 0. The quantitative estimate of drug-likeness (QED) is 0.894. The maximum absolute atomic E-state index is 11.8. The van der Waals surface area contributed by atoms with Crippen molar-refractivity contribution in [2.24, 2.45) is 5.73 Å². The van der Waals surface area contributed by atoms with Gasteiger partial charge >= 0.3 is 0 Å². The lowest BCUT2D eigenvalue weighted by Crippen LogP contribution is -2.27. The highest BCUT2D eigenvalue weighted by atomic mass is 16.5. The molecule has 1 fully saturated rings. The van der Waals surface area contributed by atoms with Crippen LogP contribution in [0, 0.1) is 0 Å². The largest absolute Gasteiger partial charge is 0.497 e. The molecular weight excluding hydrogens is 264 g/mol. The topological polar surface area (TPSA) is 64.4 Å². The van der Waals surface area contributed by atoms with Gasteiger partial charge in [0.15, 0.2) is 0 Å². The average molecular weight is 284 g/mol. The van der Waals surface area contributed by atoms with E-state index in [4.69, 9.17) is 10.5 Å². The first-order chi connectivity index (χ1) is 10.3. The third-order valence-corrected chi connectivity index (χ3v) is 4.17. The van der Waals surface area contributed by atoms with Crippen LogP contribution >= 0.6 is 0 Å². The molecule has 0 spiro atoms.